The summed E-state index contributed by atoms with van der Waals surface area (Å²) in [7, 11) is 0. The van der Waals surface area contributed by atoms with Crippen LogP contribution in [0, 0.1) is 6.92 Å². The smallest absolute Gasteiger partial charge is 0.126 e. The van der Waals surface area contributed by atoms with Gasteiger partial charge >= 0.3 is 0 Å². The van der Waals surface area contributed by atoms with Crippen LogP contribution in [0.4, 0.5) is 0 Å². The average Bonchev–Trinajstić information content (AvgIpc) is 2.82. The van der Waals surface area contributed by atoms with Crippen molar-refractivity contribution in [2.45, 2.75) is 33.4 Å². The fourth-order valence-corrected chi connectivity index (χ4v) is 2.60. The van der Waals surface area contributed by atoms with Crippen molar-refractivity contribution < 1.29 is 4.42 Å². The van der Waals surface area contributed by atoms with Gasteiger partial charge in [-0.3, -0.25) is 0 Å². The molecule has 0 aliphatic rings. The van der Waals surface area contributed by atoms with Gasteiger partial charge in [-0.15, -0.1) is 11.3 Å². The lowest BCUT2D eigenvalue weighted by Crippen LogP contribution is -2.21. The first-order valence-electron chi connectivity index (χ1n) is 5.52. The maximum atomic E-state index is 5.54. The van der Waals surface area contributed by atoms with Crippen LogP contribution in [0.5, 0.6) is 0 Å². The number of thiophene rings is 1. The van der Waals surface area contributed by atoms with Crippen LogP contribution in [0.25, 0.3) is 10.4 Å². The lowest BCUT2D eigenvalue weighted by molar-refractivity contribution is 0.466. The van der Waals surface area contributed by atoms with Gasteiger partial charge in [-0.25, -0.2) is 0 Å². The summed E-state index contributed by atoms with van der Waals surface area (Å²) < 4.78 is 5.54. The van der Waals surface area contributed by atoms with E-state index >= 15 is 0 Å². The van der Waals surface area contributed by atoms with Gasteiger partial charge in [0.05, 0.1) is 12.8 Å². The van der Waals surface area contributed by atoms with Crippen molar-refractivity contribution in [2.75, 3.05) is 0 Å². The van der Waals surface area contributed by atoms with Crippen LogP contribution in [0.3, 0.4) is 0 Å². The normalized spacial score (nSPS) is 11.2. The molecule has 16 heavy (non-hydrogen) atoms. The molecule has 0 bridgehead atoms. The summed E-state index contributed by atoms with van der Waals surface area (Å²) in [4.78, 5) is 1.31. The first kappa shape index (κ1) is 11.4. The molecule has 86 valence electrons. The number of rotatable bonds is 4. The molecule has 2 nitrogen and oxygen atoms in total. The van der Waals surface area contributed by atoms with Gasteiger partial charge in [0, 0.05) is 16.5 Å². The Morgan fingerprint density at radius 1 is 1.38 bits per heavy atom. The summed E-state index contributed by atoms with van der Waals surface area (Å²) >= 11 is 1.77. The number of hydrogen-bond donors (Lipinski definition) is 1. The molecule has 0 fully saturated rings. The highest BCUT2D eigenvalue weighted by molar-refractivity contribution is 7.13. The zero-order valence-corrected chi connectivity index (χ0v) is 10.7. The Hall–Kier alpha value is -1.06. The zero-order chi connectivity index (χ0) is 11.5. The van der Waals surface area contributed by atoms with Crippen LogP contribution in [-0.4, -0.2) is 6.04 Å². The highest BCUT2D eigenvalue weighted by atomic mass is 32.1. The average molecular weight is 235 g/mol. The second-order valence-electron chi connectivity index (χ2n) is 4.23. The molecule has 0 amide bonds. The molecule has 2 aromatic heterocycles. The summed E-state index contributed by atoms with van der Waals surface area (Å²) in [6.07, 6.45) is 1.77. The predicted octanol–water partition coefficient (Wildman–Crippen LogP) is 3.81. The maximum absolute atomic E-state index is 5.54. The standard InChI is InChI=1S/C13H17NOS/c1-9(2)14-8-12-11(4-6-15-12)13-10(3)5-7-16-13/h4-7,9,14H,8H2,1-3H3. The monoisotopic (exact) mass is 235 g/mol. The molecule has 0 aliphatic carbocycles. The van der Waals surface area contributed by atoms with Crippen molar-refractivity contribution in [3.63, 3.8) is 0 Å². The third-order valence-corrected chi connectivity index (χ3v) is 3.57. The molecule has 2 heterocycles. The Bertz CT molecular complexity index is 456. The minimum Gasteiger partial charge on any atom is -0.467 e. The summed E-state index contributed by atoms with van der Waals surface area (Å²) in [6, 6.07) is 4.67. The Morgan fingerprint density at radius 2 is 2.19 bits per heavy atom. The molecule has 2 rings (SSSR count). The molecule has 0 spiro atoms. The molecule has 2 aromatic rings. The van der Waals surface area contributed by atoms with Crippen molar-refractivity contribution in [3.05, 3.63) is 35.1 Å². The van der Waals surface area contributed by atoms with Crippen LogP contribution >= 0.6 is 11.3 Å². The van der Waals surface area contributed by atoms with E-state index < -0.39 is 0 Å². The SMILES string of the molecule is Cc1ccsc1-c1ccoc1CNC(C)C. The van der Waals surface area contributed by atoms with E-state index in [4.69, 9.17) is 4.42 Å². The number of aryl methyl sites for hydroxylation is 1. The van der Waals surface area contributed by atoms with Gasteiger partial charge in [0.1, 0.15) is 5.76 Å². The molecule has 0 aromatic carbocycles. The quantitative estimate of drug-likeness (QED) is 0.871. The van der Waals surface area contributed by atoms with Crippen molar-refractivity contribution in [1.82, 2.24) is 5.32 Å². The largest absolute Gasteiger partial charge is 0.467 e. The van der Waals surface area contributed by atoms with Crippen molar-refractivity contribution in [1.29, 1.82) is 0 Å². The molecule has 0 saturated heterocycles. The van der Waals surface area contributed by atoms with Crippen LogP contribution in [0.1, 0.15) is 25.2 Å². The Kier molecular flexibility index (Phi) is 3.46. The van der Waals surface area contributed by atoms with E-state index in [0.717, 1.165) is 12.3 Å². The fraction of sp³-hybridized carbons (Fsp3) is 0.385. The van der Waals surface area contributed by atoms with Gasteiger partial charge in [0.15, 0.2) is 0 Å². The van der Waals surface area contributed by atoms with Crippen LogP contribution in [0.15, 0.2) is 28.2 Å². The molecule has 0 unspecified atom stereocenters. The van der Waals surface area contributed by atoms with E-state index in [-0.39, 0.29) is 0 Å². The van der Waals surface area contributed by atoms with E-state index in [1.54, 1.807) is 17.6 Å². The predicted molar refractivity (Wildman–Crippen MR) is 68.7 cm³/mol. The number of hydrogen-bond acceptors (Lipinski definition) is 3. The van der Waals surface area contributed by atoms with Crippen LogP contribution < -0.4 is 5.32 Å². The maximum Gasteiger partial charge on any atom is 0.126 e. The molecule has 0 aliphatic heterocycles. The first-order valence-corrected chi connectivity index (χ1v) is 6.40. The van der Waals surface area contributed by atoms with E-state index in [0.29, 0.717) is 6.04 Å². The molecule has 0 saturated carbocycles. The summed E-state index contributed by atoms with van der Waals surface area (Å²) in [5.41, 5.74) is 2.54. The molecular formula is C13H17NOS. The van der Waals surface area contributed by atoms with E-state index in [9.17, 15) is 0 Å². The fourth-order valence-electron chi connectivity index (χ4n) is 1.63. The molecule has 0 radical (unpaired) electrons. The van der Waals surface area contributed by atoms with Crippen molar-refractivity contribution in [2.24, 2.45) is 0 Å². The second kappa shape index (κ2) is 4.85. The van der Waals surface area contributed by atoms with Gasteiger partial charge in [0.2, 0.25) is 0 Å². The minimum atomic E-state index is 0.474. The third-order valence-electron chi connectivity index (χ3n) is 2.52. The first-order chi connectivity index (χ1) is 7.68. The highest BCUT2D eigenvalue weighted by Crippen LogP contribution is 2.32. The lowest BCUT2D eigenvalue weighted by atomic mass is 10.1. The van der Waals surface area contributed by atoms with Crippen LogP contribution in [0.2, 0.25) is 0 Å². The number of furan rings is 1. The molecule has 3 heteroatoms. The van der Waals surface area contributed by atoms with E-state index in [2.05, 4.69) is 43.6 Å². The Morgan fingerprint density at radius 3 is 2.81 bits per heavy atom. The minimum absolute atomic E-state index is 0.474. The van der Waals surface area contributed by atoms with Gasteiger partial charge in [-0.05, 0) is 30.0 Å². The van der Waals surface area contributed by atoms with Gasteiger partial charge in [-0.2, -0.15) is 0 Å². The summed E-state index contributed by atoms with van der Waals surface area (Å²) in [5, 5.41) is 5.50. The summed E-state index contributed by atoms with van der Waals surface area (Å²) in [6.45, 7) is 7.20. The number of nitrogens with one attached hydrogen (secondary N) is 1. The Labute approximate surface area is 100 Å². The molecule has 1 N–H and O–H groups in total. The zero-order valence-electron chi connectivity index (χ0n) is 9.91. The van der Waals surface area contributed by atoms with Crippen molar-refractivity contribution >= 4 is 11.3 Å². The summed E-state index contributed by atoms with van der Waals surface area (Å²) in [5.74, 6) is 1.03. The van der Waals surface area contributed by atoms with E-state index in [1.807, 2.05) is 0 Å². The van der Waals surface area contributed by atoms with Crippen molar-refractivity contribution in [3.8, 4) is 10.4 Å². The highest BCUT2D eigenvalue weighted by Gasteiger charge is 2.11. The Balaban J connectivity index is 2.23. The third kappa shape index (κ3) is 2.36. The van der Waals surface area contributed by atoms with Crippen LogP contribution in [-0.2, 0) is 6.54 Å². The molecular weight excluding hydrogens is 218 g/mol. The topological polar surface area (TPSA) is 25.2 Å². The van der Waals surface area contributed by atoms with E-state index in [1.165, 1.54) is 16.0 Å². The second-order valence-corrected chi connectivity index (χ2v) is 5.14. The van der Waals surface area contributed by atoms with Gasteiger partial charge in [-0.1, -0.05) is 13.8 Å². The molecule has 0 atom stereocenters. The lowest BCUT2D eigenvalue weighted by Gasteiger charge is -2.07. The van der Waals surface area contributed by atoms with Gasteiger partial charge in [0.25, 0.3) is 0 Å². The van der Waals surface area contributed by atoms with Gasteiger partial charge < -0.3 is 9.73 Å².